The van der Waals surface area contributed by atoms with Crippen molar-refractivity contribution in [3.63, 3.8) is 0 Å². The molecule has 0 aliphatic heterocycles. The number of carbonyl (C=O) groups excluding carboxylic acids is 1. The van der Waals surface area contributed by atoms with Crippen LogP contribution in [0.3, 0.4) is 0 Å². The Morgan fingerprint density at radius 2 is 2.10 bits per heavy atom. The Bertz CT molecular complexity index is 580. The lowest BCUT2D eigenvalue weighted by Gasteiger charge is -2.15. The van der Waals surface area contributed by atoms with Crippen molar-refractivity contribution in [3.8, 4) is 0 Å². The van der Waals surface area contributed by atoms with Gasteiger partial charge in [0.2, 0.25) is 11.8 Å². The minimum atomic E-state index is -0.124. The second-order valence-electron chi connectivity index (χ2n) is 4.68. The molecule has 106 valence electrons. The van der Waals surface area contributed by atoms with E-state index in [1.54, 1.807) is 13.0 Å². The summed E-state index contributed by atoms with van der Waals surface area (Å²) in [5.41, 5.74) is 1.89. The second-order valence-corrected chi connectivity index (χ2v) is 5.60. The summed E-state index contributed by atoms with van der Waals surface area (Å²) in [6.07, 6.45) is 0. The molecule has 5 nitrogen and oxygen atoms in total. The normalized spacial score (nSPS) is 10.8. The van der Waals surface area contributed by atoms with Crippen LogP contribution < -0.4 is 5.32 Å². The zero-order valence-corrected chi connectivity index (χ0v) is 13.0. The number of halogens is 1. The standard InChI is InChI=1S/C14H16BrN3O2/c1-10-7-14(20-17-10)16-13(19)9-18(2)8-11-3-5-12(15)6-4-11/h3-7H,8-9H2,1-2H3,(H,16,19). The van der Waals surface area contributed by atoms with Gasteiger partial charge >= 0.3 is 0 Å². The maximum Gasteiger partial charge on any atom is 0.240 e. The van der Waals surface area contributed by atoms with Crippen molar-refractivity contribution in [1.29, 1.82) is 0 Å². The fraction of sp³-hybridized carbons (Fsp3) is 0.286. The quantitative estimate of drug-likeness (QED) is 0.911. The first-order valence-electron chi connectivity index (χ1n) is 6.19. The molecule has 1 heterocycles. The number of amides is 1. The maximum atomic E-state index is 11.8. The Morgan fingerprint density at radius 3 is 2.70 bits per heavy atom. The first-order valence-corrected chi connectivity index (χ1v) is 6.98. The van der Waals surface area contributed by atoms with Gasteiger partial charge in [0.05, 0.1) is 12.2 Å². The van der Waals surface area contributed by atoms with Crippen molar-refractivity contribution in [2.45, 2.75) is 13.5 Å². The first-order chi connectivity index (χ1) is 9.52. The fourth-order valence-corrected chi connectivity index (χ4v) is 2.07. The number of benzene rings is 1. The number of carbonyl (C=O) groups is 1. The van der Waals surface area contributed by atoms with Gasteiger partial charge in [-0.3, -0.25) is 15.0 Å². The van der Waals surface area contributed by atoms with Crippen molar-refractivity contribution in [2.24, 2.45) is 0 Å². The third-order valence-corrected chi connectivity index (χ3v) is 3.20. The molecular formula is C14H16BrN3O2. The molecule has 0 radical (unpaired) electrons. The van der Waals surface area contributed by atoms with E-state index in [4.69, 9.17) is 4.52 Å². The van der Waals surface area contributed by atoms with Crippen LogP contribution in [0, 0.1) is 6.92 Å². The van der Waals surface area contributed by atoms with Gasteiger partial charge in [-0.1, -0.05) is 33.2 Å². The van der Waals surface area contributed by atoms with Crippen LogP contribution in [0.1, 0.15) is 11.3 Å². The second kappa shape index (κ2) is 6.67. The van der Waals surface area contributed by atoms with Crippen LogP contribution in [0.2, 0.25) is 0 Å². The van der Waals surface area contributed by atoms with Crippen LogP contribution in [0.15, 0.2) is 39.3 Å². The molecule has 2 rings (SSSR count). The summed E-state index contributed by atoms with van der Waals surface area (Å²) >= 11 is 3.40. The molecule has 1 amide bonds. The maximum absolute atomic E-state index is 11.8. The molecular weight excluding hydrogens is 322 g/mol. The number of aryl methyl sites for hydroxylation is 1. The van der Waals surface area contributed by atoms with Crippen molar-refractivity contribution in [3.05, 3.63) is 46.1 Å². The van der Waals surface area contributed by atoms with Gasteiger partial charge in [-0.2, -0.15) is 0 Å². The highest BCUT2D eigenvalue weighted by molar-refractivity contribution is 9.10. The van der Waals surface area contributed by atoms with E-state index in [1.165, 1.54) is 0 Å². The smallest absolute Gasteiger partial charge is 0.240 e. The van der Waals surface area contributed by atoms with Gasteiger partial charge in [-0.05, 0) is 31.7 Å². The van der Waals surface area contributed by atoms with Crippen LogP contribution in [0.4, 0.5) is 5.88 Å². The summed E-state index contributed by atoms with van der Waals surface area (Å²) in [7, 11) is 1.90. The number of nitrogens with one attached hydrogen (secondary N) is 1. The number of nitrogens with zero attached hydrogens (tertiary/aromatic N) is 2. The number of hydrogen-bond donors (Lipinski definition) is 1. The largest absolute Gasteiger partial charge is 0.338 e. The van der Waals surface area contributed by atoms with E-state index in [2.05, 4.69) is 26.4 Å². The van der Waals surface area contributed by atoms with Gasteiger partial charge in [0.1, 0.15) is 0 Å². The van der Waals surface area contributed by atoms with Crippen molar-refractivity contribution in [2.75, 3.05) is 18.9 Å². The van der Waals surface area contributed by atoms with Crippen molar-refractivity contribution < 1.29 is 9.32 Å². The molecule has 0 bridgehead atoms. The van der Waals surface area contributed by atoms with Gasteiger partial charge in [0.25, 0.3) is 0 Å². The molecule has 0 aliphatic carbocycles. The molecule has 0 saturated heterocycles. The Balaban J connectivity index is 1.83. The number of hydrogen-bond acceptors (Lipinski definition) is 4. The summed E-state index contributed by atoms with van der Waals surface area (Å²) in [6.45, 7) is 2.80. The minimum Gasteiger partial charge on any atom is -0.338 e. The number of aromatic nitrogens is 1. The van der Waals surface area contributed by atoms with Crippen molar-refractivity contribution >= 4 is 27.7 Å². The molecule has 0 spiro atoms. The molecule has 0 aliphatic rings. The number of likely N-dealkylation sites (N-methyl/N-ethyl adjacent to an activating group) is 1. The molecule has 1 aromatic heterocycles. The lowest BCUT2D eigenvalue weighted by atomic mass is 10.2. The van der Waals surface area contributed by atoms with Crippen LogP contribution in [-0.2, 0) is 11.3 Å². The monoisotopic (exact) mass is 337 g/mol. The van der Waals surface area contributed by atoms with E-state index >= 15 is 0 Å². The van der Waals surface area contributed by atoms with Gasteiger partial charge in [0, 0.05) is 17.1 Å². The molecule has 0 fully saturated rings. The number of anilines is 1. The van der Waals surface area contributed by atoms with Crippen molar-refractivity contribution in [1.82, 2.24) is 10.1 Å². The van der Waals surface area contributed by atoms with Crippen LogP contribution >= 0.6 is 15.9 Å². The Labute approximate surface area is 126 Å². The fourth-order valence-electron chi connectivity index (χ4n) is 1.80. The lowest BCUT2D eigenvalue weighted by molar-refractivity contribution is -0.117. The van der Waals surface area contributed by atoms with E-state index < -0.39 is 0 Å². The zero-order chi connectivity index (χ0) is 14.5. The van der Waals surface area contributed by atoms with E-state index in [9.17, 15) is 4.79 Å². The zero-order valence-electron chi connectivity index (χ0n) is 11.4. The minimum absolute atomic E-state index is 0.124. The molecule has 0 saturated carbocycles. The lowest BCUT2D eigenvalue weighted by Crippen LogP contribution is -2.29. The first kappa shape index (κ1) is 14.7. The van der Waals surface area contributed by atoms with Gasteiger partial charge in [0.15, 0.2) is 0 Å². The van der Waals surface area contributed by atoms with Gasteiger partial charge in [-0.15, -0.1) is 0 Å². The number of rotatable bonds is 5. The Kier molecular flexibility index (Phi) is 4.92. The molecule has 0 unspecified atom stereocenters. The van der Waals surface area contributed by atoms with E-state index in [1.807, 2.05) is 36.2 Å². The van der Waals surface area contributed by atoms with Crippen LogP contribution in [0.5, 0.6) is 0 Å². The predicted octanol–water partition coefficient (Wildman–Crippen LogP) is 2.82. The summed E-state index contributed by atoms with van der Waals surface area (Å²) in [6, 6.07) is 9.71. The molecule has 1 aromatic carbocycles. The van der Waals surface area contributed by atoms with E-state index in [0.717, 1.165) is 15.7 Å². The summed E-state index contributed by atoms with van der Waals surface area (Å²) < 4.78 is 5.99. The van der Waals surface area contributed by atoms with E-state index in [-0.39, 0.29) is 12.5 Å². The summed E-state index contributed by atoms with van der Waals surface area (Å²) in [5.74, 6) is 0.255. The molecule has 1 N–H and O–H groups in total. The molecule has 0 atom stereocenters. The van der Waals surface area contributed by atoms with Gasteiger partial charge in [-0.25, -0.2) is 0 Å². The third kappa shape index (κ3) is 4.47. The van der Waals surface area contributed by atoms with Crippen LogP contribution in [0.25, 0.3) is 0 Å². The molecule has 20 heavy (non-hydrogen) atoms. The molecule has 2 aromatic rings. The topological polar surface area (TPSA) is 58.4 Å². The predicted molar refractivity (Wildman–Crippen MR) is 80.3 cm³/mol. The highest BCUT2D eigenvalue weighted by atomic mass is 79.9. The SMILES string of the molecule is Cc1cc(NC(=O)CN(C)Cc2ccc(Br)cc2)on1. The average molecular weight is 338 g/mol. The van der Waals surface area contributed by atoms with E-state index in [0.29, 0.717) is 12.4 Å². The molecule has 6 heteroatoms. The average Bonchev–Trinajstić information content (AvgIpc) is 2.77. The Morgan fingerprint density at radius 1 is 1.40 bits per heavy atom. The highest BCUT2D eigenvalue weighted by Gasteiger charge is 2.10. The summed E-state index contributed by atoms with van der Waals surface area (Å²) in [5, 5.41) is 6.39. The third-order valence-electron chi connectivity index (χ3n) is 2.67. The Hall–Kier alpha value is -1.66. The summed E-state index contributed by atoms with van der Waals surface area (Å²) in [4.78, 5) is 13.8. The highest BCUT2D eigenvalue weighted by Crippen LogP contribution is 2.12. The van der Waals surface area contributed by atoms with Crippen LogP contribution in [-0.4, -0.2) is 29.6 Å². The van der Waals surface area contributed by atoms with Gasteiger partial charge < -0.3 is 4.52 Å².